The predicted octanol–water partition coefficient (Wildman–Crippen LogP) is 5.88. The summed E-state index contributed by atoms with van der Waals surface area (Å²) in [6.45, 7) is 9.35. The number of fused-ring (bicyclic) bond motifs is 2. The number of carboxylic acids is 1. The van der Waals surface area contributed by atoms with Crippen LogP contribution in [0.3, 0.4) is 0 Å². The lowest BCUT2D eigenvalue weighted by Gasteiger charge is -2.41. The number of hydrogen-bond acceptors (Lipinski definition) is 1. The highest BCUT2D eigenvalue weighted by molar-refractivity contribution is 5.90. The fourth-order valence-corrected chi connectivity index (χ4v) is 4.14. The van der Waals surface area contributed by atoms with E-state index in [-0.39, 0.29) is 10.8 Å². The lowest BCUT2D eigenvalue weighted by molar-refractivity contribution is 0.0697. The molecule has 26 heavy (non-hydrogen) atoms. The lowest BCUT2D eigenvalue weighted by Crippen LogP contribution is -2.33. The normalized spacial score (nSPS) is 17.8. The van der Waals surface area contributed by atoms with Gasteiger partial charge >= 0.3 is 5.97 Å². The summed E-state index contributed by atoms with van der Waals surface area (Å²) in [5, 5.41) is 10.3. The van der Waals surface area contributed by atoms with Gasteiger partial charge in [0, 0.05) is 16.6 Å². The molecule has 1 aromatic heterocycles. The van der Waals surface area contributed by atoms with E-state index in [0.717, 1.165) is 16.8 Å². The summed E-state index contributed by atoms with van der Waals surface area (Å²) >= 11 is 0. The molecule has 0 atom stereocenters. The highest BCUT2D eigenvalue weighted by Gasteiger charge is 2.37. The fraction of sp³-hybridized carbons (Fsp3) is 0.348. The van der Waals surface area contributed by atoms with E-state index in [1.165, 1.54) is 29.4 Å². The van der Waals surface area contributed by atoms with Crippen molar-refractivity contribution in [3.8, 4) is 11.3 Å². The molecule has 0 saturated heterocycles. The molecule has 4 rings (SSSR count). The third kappa shape index (κ3) is 2.63. The zero-order valence-corrected chi connectivity index (χ0v) is 15.8. The van der Waals surface area contributed by atoms with Gasteiger partial charge < -0.3 is 10.1 Å². The number of aromatic amines is 1. The molecule has 134 valence electrons. The monoisotopic (exact) mass is 347 g/mol. The summed E-state index contributed by atoms with van der Waals surface area (Å²) in [5.74, 6) is -0.898. The number of nitrogens with one attached hydrogen (secondary N) is 1. The molecular formula is C23H25NO2. The number of rotatable bonds is 2. The number of H-pyrrole nitrogens is 1. The van der Waals surface area contributed by atoms with Gasteiger partial charge in [-0.3, -0.25) is 0 Å². The Balaban J connectivity index is 1.85. The molecule has 1 aliphatic carbocycles. The number of carbonyl (C=O) groups is 1. The summed E-state index contributed by atoms with van der Waals surface area (Å²) < 4.78 is 0. The molecule has 1 heterocycles. The van der Waals surface area contributed by atoms with E-state index >= 15 is 0 Å². The van der Waals surface area contributed by atoms with Crippen LogP contribution >= 0.6 is 0 Å². The van der Waals surface area contributed by atoms with Crippen LogP contribution in [0.25, 0.3) is 22.2 Å². The van der Waals surface area contributed by atoms with Crippen molar-refractivity contribution >= 4 is 16.9 Å². The van der Waals surface area contributed by atoms with Crippen LogP contribution in [0.2, 0.25) is 0 Å². The van der Waals surface area contributed by atoms with E-state index in [2.05, 4.69) is 50.9 Å². The first-order chi connectivity index (χ1) is 12.2. The zero-order chi connectivity index (χ0) is 18.7. The minimum absolute atomic E-state index is 0.188. The molecule has 0 bridgehead atoms. The second kappa shape index (κ2) is 5.47. The lowest BCUT2D eigenvalue weighted by atomic mass is 9.63. The summed E-state index contributed by atoms with van der Waals surface area (Å²) in [6, 6.07) is 13.9. The van der Waals surface area contributed by atoms with Crippen LogP contribution in [0.15, 0.2) is 42.5 Å². The standard InChI is InChI=1S/C23H25NO2/c1-22(2)9-10-23(3,4)18-13-20-16(11-17(18)22)12-19(24-20)14-5-7-15(8-6-14)21(25)26/h5-8,11-13,24H,9-10H2,1-4H3,(H,25,26). The quantitative estimate of drug-likeness (QED) is 0.608. The molecular weight excluding hydrogens is 322 g/mol. The first kappa shape index (κ1) is 16.9. The second-order valence-corrected chi connectivity index (χ2v) is 8.82. The van der Waals surface area contributed by atoms with Gasteiger partial charge in [0.25, 0.3) is 0 Å². The van der Waals surface area contributed by atoms with Crippen molar-refractivity contribution in [3.63, 3.8) is 0 Å². The van der Waals surface area contributed by atoms with Gasteiger partial charge in [0.15, 0.2) is 0 Å². The molecule has 2 aromatic carbocycles. The number of hydrogen-bond donors (Lipinski definition) is 2. The Morgan fingerprint density at radius 3 is 2.08 bits per heavy atom. The van der Waals surface area contributed by atoms with Gasteiger partial charge in [-0.15, -0.1) is 0 Å². The average Bonchev–Trinajstić information content (AvgIpc) is 3.01. The molecule has 2 N–H and O–H groups in total. The van der Waals surface area contributed by atoms with E-state index in [4.69, 9.17) is 5.11 Å². The topological polar surface area (TPSA) is 53.1 Å². The fourth-order valence-electron chi connectivity index (χ4n) is 4.14. The van der Waals surface area contributed by atoms with Crippen LogP contribution in [-0.4, -0.2) is 16.1 Å². The molecule has 3 nitrogen and oxygen atoms in total. The molecule has 3 heteroatoms. The molecule has 1 aliphatic rings. The molecule has 3 aromatic rings. The Bertz CT molecular complexity index is 954. The van der Waals surface area contributed by atoms with Crippen LogP contribution in [0, 0.1) is 0 Å². The third-order valence-electron chi connectivity index (χ3n) is 6.03. The second-order valence-electron chi connectivity index (χ2n) is 8.82. The molecule has 0 spiro atoms. The van der Waals surface area contributed by atoms with E-state index < -0.39 is 5.97 Å². The van der Waals surface area contributed by atoms with Gasteiger partial charge in [0.1, 0.15) is 0 Å². The van der Waals surface area contributed by atoms with Crippen LogP contribution in [0.5, 0.6) is 0 Å². The first-order valence-electron chi connectivity index (χ1n) is 9.19. The smallest absolute Gasteiger partial charge is 0.335 e. The maximum atomic E-state index is 11.1. The van der Waals surface area contributed by atoms with Crippen molar-refractivity contribution in [2.24, 2.45) is 0 Å². The Kier molecular flexibility index (Phi) is 3.56. The molecule has 0 fully saturated rings. The SMILES string of the molecule is CC1(C)CCC(C)(C)c2cc3[nH]c(-c4ccc(C(=O)O)cc4)cc3cc21. The van der Waals surface area contributed by atoms with Crippen molar-refractivity contribution in [2.45, 2.75) is 51.4 Å². The Morgan fingerprint density at radius 1 is 0.923 bits per heavy atom. The first-order valence-corrected chi connectivity index (χ1v) is 9.19. The Labute approximate surface area is 154 Å². The van der Waals surface area contributed by atoms with Crippen molar-refractivity contribution in [2.75, 3.05) is 0 Å². The molecule has 0 amide bonds. The number of benzene rings is 2. The summed E-state index contributed by atoms with van der Waals surface area (Å²) in [7, 11) is 0. The van der Waals surface area contributed by atoms with Crippen LogP contribution in [-0.2, 0) is 10.8 Å². The van der Waals surface area contributed by atoms with Crippen molar-refractivity contribution in [3.05, 3.63) is 59.2 Å². The zero-order valence-electron chi connectivity index (χ0n) is 15.8. The molecule has 0 saturated carbocycles. The Hall–Kier alpha value is -2.55. The maximum absolute atomic E-state index is 11.1. The third-order valence-corrected chi connectivity index (χ3v) is 6.03. The number of aromatic carboxylic acids is 1. The number of aromatic nitrogens is 1. The highest BCUT2D eigenvalue weighted by Crippen LogP contribution is 2.47. The van der Waals surface area contributed by atoms with Gasteiger partial charge in [-0.05, 0) is 70.7 Å². The van der Waals surface area contributed by atoms with Crippen molar-refractivity contribution < 1.29 is 9.90 Å². The van der Waals surface area contributed by atoms with Gasteiger partial charge in [-0.2, -0.15) is 0 Å². The van der Waals surface area contributed by atoms with Gasteiger partial charge in [-0.1, -0.05) is 39.8 Å². The summed E-state index contributed by atoms with van der Waals surface area (Å²) in [4.78, 5) is 14.6. The van der Waals surface area contributed by atoms with E-state index in [1.807, 2.05) is 12.1 Å². The Morgan fingerprint density at radius 2 is 1.50 bits per heavy atom. The van der Waals surface area contributed by atoms with E-state index in [1.54, 1.807) is 12.1 Å². The molecule has 0 radical (unpaired) electrons. The van der Waals surface area contributed by atoms with Crippen molar-refractivity contribution in [1.82, 2.24) is 4.98 Å². The molecule has 0 aliphatic heterocycles. The predicted molar refractivity (Wildman–Crippen MR) is 106 cm³/mol. The van der Waals surface area contributed by atoms with Gasteiger partial charge in [0.05, 0.1) is 5.56 Å². The van der Waals surface area contributed by atoms with Crippen LogP contribution < -0.4 is 0 Å². The van der Waals surface area contributed by atoms with Gasteiger partial charge in [-0.25, -0.2) is 4.79 Å². The van der Waals surface area contributed by atoms with E-state index in [9.17, 15) is 4.79 Å². The maximum Gasteiger partial charge on any atom is 0.335 e. The number of carboxylic acid groups (broad SMARTS) is 1. The molecule has 0 unspecified atom stereocenters. The van der Waals surface area contributed by atoms with Crippen molar-refractivity contribution in [1.29, 1.82) is 0 Å². The van der Waals surface area contributed by atoms with Crippen LogP contribution in [0.1, 0.15) is 62.0 Å². The highest BCUT2D eigenvalue weighted by atomic mass is 16.4. The van der Waals surface area contributed by atoms with Gasteiger partial charge in [0.2, 0.25) is 0 Å². The summed E-state index contributed by atoms with van der Waals surface area (Å²) in [6.07, 6.45) is 2.40. The summed E-state index contributed by atoms with van der Waals surface area (Å²) in [5.41, 5.74) is 6.75. The minimum atomic E-state index is -0.898. The van der Waals surface area contributed by atoms with Crippen LogP contribution in [0.4, 0.5) is 0 Å². The minimum Gasteiger partial charge on any atom is -0.478 e. The average molecular weight is 347 g/mol. The largest absolute Gasteiger partial charge is 0.478 e. The van der Waals surface area contributed by atoms with E-state index in [0.29, 0.717) is 5.56 Å².